The largest absolute Gasteiger partial charge is 0.339 e. The zero-order valence-corrected chi connectivity index (χ0v) is 12.5. The van der Waals surface area contributed by atoms with E-state index in [1.54, 1.807) is 0 Å². The Morgan fingerprint density at radius 1 is 1.28 bits per heavy atom. The molecule has 0 aromatic rings. The van der Waals surface area contributed by atoms with E-state index in [9.17, 15) is 4.79 Å². The van der Waals surface area contributed by atoms with E-state index in [2.05, 4.69) is 24.1 Å². The first-order valence-electron chi connectivity index (χ1n) is 7.28. The highest BCUT2D eigenvalue weighted by molar-refractivity contribution is 8.00. The van der Waals surface area contributed by atoms with Crippen LogP contribution in [-0.4, -0.2) is 47.5 Å². The van der Waals surface area contributed by atoms with Gasteiger partial charge in [0.2, 0.25) is 5.91 Å². The molecule has 2 atom stereocenters. The van der Waals surface area contributed by atoms with Gasteiger partial charge in [-0.2, -0.15) is 0 Å². The SMILES string of the molecule is CC1CCN(C(=O)CSC2CCNCC2)C(C)C1. The maximum atomic E-state index is 12.2. The Kier molecular flexibility index (Phi) is 5.37. The van der Waals surface area contributed by atoms with Crippen LogP contribution in [0.5, 0.6) is 0 Å². The number of nitrogens with zero attached hydrogens (tertiary/aromatic N) is 1. The summed E-state index contributed by atoms with van der Waals surface area (Å²) in [6.45, 7) is 7.69. The minimum absolute atomic E-state index is 0.359. The van der Waals surface area contributed by atoms with Gasteiger partial charge in [-0.1, -0.05) is 6.92 Å². The second kappa shape index (κ2) is 6.80. The Bertz CT molecular complexity index is 279. The van der Waals surface area contributed by atoms with Crippen molar-refractivity contribution in [3.8, 4) is 0 Å². The van der Waals surface area contributed by atoms with Gasteiger partial charge in [-0.15, -0.1) is 11.8 Å². The first kappa shape index (κ1) is 14.2. The molecule has 18 heavy (non-hydrogen) atoms. The van der Waals surface area contributed by atoms with Crippen molar-refractivity contribution in [1.29, 1.82) is 0 Å². The molecule has 2 fully saturated rings. The molecule has 2 aliphatic rings. The van der Waals surface area contributed by atoms with Crippen molar-refractivity contribution >= 4 is 17.7 Å². The minimum Gasteiger partial charge on any atom is -0.339 e. The Morgan fingerprint density at radius 2 is 2.00 bits per heavy atom. The molecule has 2 aliphatic heterocycles. The molecule has 1 N–H and O–H groups in total. The van der Waals surface area contributed by atoms with Crippen molar-refractivity contribution in [2.45, 2.75) is 50.8 Å². The Hall–Kier alpha value is -0.220. The summed E-state index contributed by atoms with van der Waals surface area (Å²) in [4.78, 5) is 14.4. The Balaban J connectivity index is 1.73. The van der Waals surface area contributed by atoms with Crippen molar-refractivity contribution in [3.63, 3.8) is 0 Å². The lowest BCUT2D eigenvalue weighted by atomic mass is 9.93. The maximum Gasteiger partial charge on any atom is 0.232 e. The number of nitrogens with one attached hydrogen (secondary N) is 1. The number of hydrogen-bond donors (Lipinski definition) is 1. The third-order valence-electron chi connectivity index (χ3n) is 4.19. The molecule has 0 aliphatic carbocycles. The molecular formula is C14H26N2OS. The first-order chi connectivity index (χ1) is 8.66. The van der Waals surface area contributed by atoms with Crippen LogP contribution in [0.1, 0.15) is 39.5 Å². The number of hydrogen-bond acceptors (Lipinski definition) is 3. The zero-order valence-electron chi connectivity index (χ0n) is 11.7. The minimum atomic E-state index is 0.359. The highest BCUT2D eigenvalue weighted by Crippen LogP contribution is 2.25. The van der Waals surface area contributed by atoms with Crippen LogP contribution in [0.4, 0.5) is 0 Å². The maximum absolute atomic E-state index is 12.2. The van der Waals surface area contributed by atoms with Crippen molar-refractivity contribution in [2.75, 3.05) is 25.4 Å². The molecule has 4 heteroatoms. The predicted octanol–water partition coefficient (Wildman–Crippen LogP) is 2.12. The van der Waals surface area contributed by atoms with E-state index in [0.717, 1.165) is 25.6 Å². The standard InChI is InChI=1S/C14H26N2OS/c1-11-5-8-16(12(2)9-11)14(17)10-18-13-3-6-15-7-4-13/h11-13,15H,3-10H2,1-2H3. The third kappa shape index (κ3) is 3.89. The zero-order chi connectivity index (χ0) is 13.0. The molecule has 2 saturated heterocycles. The van der Waals surface area contributed by atoms with Gasteiger partial charge in [0.15, 0.2) is 0 Å². The van der Waals surface area contributed by atoms with E-state index < -0.39 is 0 Å². The van der Waals surface area contributed by atoms with Crippen molar-refractivity contribution in [2.24, 2.45) is 5.92 Å². The average molecular weight is 270 g/mol. The molecule has 0 spiro atoms. The normalized spacial score (nSPS) is 30.4. The fourth-order valence-electron chi connectivity index (χ4n) is 3.01. The molecule has 0 saturated carbocycles. The van der Waals surface area contributed by atoms with Crippen molar-refractivity contribution in [1.82, 2.24) is 10.2 Å². The second-order valence-electron chi connectivity index (χ2n) is 5.83. The van der Waals surface area contributed by atoms with Crippen LogP contribution in [0.15, 0.2) is 0 Å². The molecule has 2 rings (SSSR count). The number of amides is 1. The monoisotopic (exact) mass is 270 g/mol. The lowest BCUT2D eigenvalue weighted by Crippen LogP contribution is -2.45. The fourth-order valence-corrected chi connectivity index (χ4v) is 4.13. The van der Waals surface area contributed by atoms with Crippen LogP contribution < -0.4 is 5.32 Å². The van der Waals surface area contributed by atoms with E-state index >= 15 is 0 Å². The number of piperidine rings is 2. The van der Waals surface area contributed by atoms with E-state index in [1.807, 2.05) is 11.8 Å². The van der Waals surface area contributed by atoms with E-state index in [4.69, 9.17) is 0 Å². The van der Waals surface area contributed by atoms with E-state index in [1.165, 1.54) is 25.7 Å². The summed E-state index contributed by atoms with van der Waals surface area (Å²) in [7, 11) is 0. The quantitative estimate of drug-likeness (QED) is 0.852. The lowest BCUT2D eigenvalue weighted by Gasteiger charge is -2.37. The molecule has 0 bridgehead atoms. The second-order valence-corrected chi connectivity index (χ2v) is 7.11. The highest BCUT2D eigenvalue weighted by atomic mass is 32.2. The Morgan fingerprint density at radius 3 is 2.67 bits per heavy atom. The third-order valence-corrected chi connectivity index (χ3v) is 5.54. The smallest absolute Gasteiger partial charge is 0.232 e. The number of carbonyl (C=O) groups is 1. The van der Waals surface area contributed by atoms with Gasteiger partial charge in [0.25, 0.3) is 0 Å². The topological polar surface area (TPSA) is 32.3 Å². The summed E-state index contributed by atoms with van der Waals surface area (Å²) in [5.74, 6) is 1.82. The van der Waals surface area contributed by atoms with Gasteiger partial charge in [-0.05, 0) is 51.6 Å². The summed E-state index contributed by atoms with van der Waals surface area (Å²) >= 11 is 1.87. The number of rotatable bonds is 3. The summed E-state index contributed by atoms with van der Waals surface area (Å²) in [6, 6.07) is 0.440. The molecule has 2 heterocycles. The van der Waals surface area contributed by atoms with Gasteiger partial charge in [0, 0.05) is 17.8 Å². The summed E-state index contributed by atoms with van der Waals surface area (Å²) in [5.41, 5.74) is 0. The lowest BCUT2D eigenvalue weighted by molar-refractivity contribution is -0.132. The molecular weight excluding hydrogens is 244 g/mol. The van der Waals surface area contributed by atoms with Gasteiger partial charge < -0.3 is 10.2 Å². The van der Waals surface area contributed by atoms with Gasteiger partial charge >= 0.3 is 0 Å². The molecule has 3 nitrogen and oxygen atoms in total. The van der Waals surface area contributed by atoms with Crippen molar-refractivity contribution < 1.29 is 4.79 Å². The van der Waals surface area contributed by atoms with Crippen LogP contribution in [0.25, 0.3) is 0 Å². The van der Waals surface area contributed by atoms with Gasteiger partial charge in [-0.25, -0.2) is 0 Å². The van der Waals surface area contributed by atoms with E-state index in [-0.39, 0.29) is 0 Å². The van der Waals surface area contributed by atoms with Gasteiger partial charge in [0.1, 0.15) is 0 Å². The van der Waals surface area contributed by atoms with Gasteiger partial charge in [0.05, 0.1) is 5.75 Å². The first-order valence-corrected chi connectivity index (χ1v) is 8.33. The van der Waals surface area contributed by atoms with Crippen molar-refractivity contribution in [3.05, 3.63) is 0 Å². The summed E-state index contributed by atoms with van der Waals surface area (Å²) in [5, 5.41) is 4.06. The highest BCUT2D eigenvalue weighted by Gasteiger charge is 2.27. The fraction of sp³-hybridized carbons (Fsp3) is 0.929. The van der Waals surface area contributed by atoms with Crippen LogP contribution >= 0.6 is 11.8 Å². The van der Waals surface area contributed by atoms with Crippen LogP contribution in [0.2, 0.25) is 0 Å². The number of thioether (sulfide) groups is 1. The number of carbonyl (C=O) groups excluding carboxylic acids is 1. The van der Waals surface area contributed by atoms with Gasteiger partial charge in [-0.3, -0.25) is 4.79 Å². The number of likely N-dealkylation sites (tertiary alicyclic amines) is 1. The Labute approximate surface area is 115 Å². The van der Waals surface area contributed by atoms with Crippen LogP contribution in [-0.2, 0) is 4.79 Å². The average Bonchev–Trinajstić information content (AvgIpc) is 2.37. The van der Waals surface area contributed by atoms with E-state index in [0.29, 0.717) is 23.0 Å². The molecule has 2 unspecified atom stereocenters. The predicted molar refractivity (Wildman–Crippen MR) is 77.9 cm³/mol. The molecule has 1 amide bonds. The summed E-state index contributed by atoms with van der Waals surface area (Å²) in [6.07, 6.45) is 4.77. The molecule has 104 valence electrons. The summed E-state index contributed by atoms with van der Waals surface area (Å²) < 4.78 is 0. The molecule has 0 aromatic carbocycles. The molecule has 0 radical (unpaired) electrons. The van der Waals surface area contributed by atoms with Crippen LogP contribution in [0.3, 0.4) is 0 Å². The van der Waals surface area contributed by atoms with Crippen LogP contribution in [0, 0.1) is 5.92 Å². The molecule has 0 aromatic heterocycles.